The van der Waals surface area contributed by atoms with Gasteiger partial charge in [0.15, 0.2) is 5.11 Å². The van der Waals surface area contributed by atoms with Crippen LogP contribution in [0, 0.1) is 10.1 Å². The van der Waals surface area contributed by atoms with Crippen molar-refractivity contribution in [1.82, 2.24) is 10.6 Å². The molecule has 0 aliphatic carbocycles. The zero-order valence-corrected chi connectivity index (χ0v) is 12.3. The first kappa shape index (κ1) is 14.2. The van der Waals surface area contributed by atoms with Crippen LogP contribution in [0.25, 0.3) is 5.70 Å². The van der Waals surface area contributed by atoms with E-state index in [1.165, 1.54) is 6.07 Å². The van der Waals surface area contributed by atoms with Crippen LogP contribution >= 0.6 is 12.2 Å². The maximum Gasteiger partial charge on any atom is 0.269 e. The van der Waals surface area contributed by atoms with Crippen LogP contribution in [0.2, 0.25) is 0 Å². The Morgan fingerprint density at radius 3 is 2.59 bits per heavy atom. The molecule has 1 unspecified atom stereocenters. The molecule has 1 aliphatic heterocycles. The van der Waals surface area contributed by atoms with Gasteiger partial charge in [0.25, 0.3) is 5.69 Å². The summed E-state index contributed by atoms with van der Waals surface area (Å²) in [6.45, 7) is 0. The van der Waals surface area contributed by atoms with E-state index in [1.807, 2.05) is 42.5 Å². The van der Waals surface area contributed by atoms with Crippen molar-refractivity contribution < 1.29 is 4.92 Å². The number of nitrogens with zero attached hydrogens (tertiary/aromatic N) is 1. The van der Waals surface area contributed by atoms with Crippen molar-refractivity contribution in [3.63, 3.8) is 0 Å². The zero-order chi connectivity index (χ0) is 15.5. The van der Waals surface area contributed by atoms with Gasteiger partial charge < -0.3 is 10.6 Å². The number of rotatable bonds is 3. The Kier molecular flexibility index (Phi) is 3.84. The number of hydrogen-bond donors (Lipinski definition) is 2. The highest BCUT2D eigenvalue weighted by atomic mass is 32.1. The van der Waals surface area contributed by atoms with E-state index in [4.69, 9.17) is 12.2 Å². The minimum atomic E-state index is -0.398. The highest BCUT2D eigenvalue weighted by Crippen LogP contribution is 2.25. The SMILES string of the molecule is O=[N+]([O-])c1cccc(C2C=C(c3ccccc3)NC(=S)N2)c1. The zero-order valence-electron chi connectivity index (χ0n) is 11.5. The molecule has 3 rings (SSSR count). The first-order chi connectivity index (χ1) is 10.6. The molecular formula is C16H13N3O2S. The molecule has 1 atom stereocenters. The van der Waals surface area contributed by atoms with Gasteiger partial charge in [0.2, 0.25) is 0 Å². The molecule has 0 spiro atoms. The summed E-state index contributed by atoms with van der Waals surface area (Å²) in [5, 5.41) is 17.7. The van der Waals surface area contributed by atoms with Gasteiger partial charge in [-0.15, -0.1) is 0 Å². The molecule has 2 aromatic rings. The van der Waals surface area contributed by atoms with Crippen LogP contribution < -0.4 is 10.6 Å². The molecule has 2 N–H and O–H groups in total. The molecule has 6 heteroatoms. The van der Waals surface area contributed by atoms with Gasteiger partial charge in [-0.25, -0.2) is 0 Å². The van der Waals surface area contributed by atoms with Crippen molar-refractivity contribution in [3.8, 4) is 0 Å². The maximum absolute atomic E-state index is 10.9. The number of nitrogens with one attached hydrogen (secondary N) is 2. The van der Waals surface area contributed by atoms with Crippen LogP contribution in [0.15, 0.2) is 60.7 Å². The third-order valence-corrected chi connectivity index (χ3v) is 3.61. The predicted molar refractivity (Wildman–Crippen MR) is 89.1 cm³/mol. The van der Waals surface area contributed by atoms with Gasteiger partial charge in [0.05, 0.1) is 11.0 Å². The second kappa shape index (κ2) is 5.95. The fourth-order valence-corrected chi connectivity index (χ4v) is 2.58. The summed E-state index contributed by atoms with van der Waals surface area (Å²) in [7, 11) is 0. The Hall–Kier alpha value is -2.73. The number of benzene rings is 2. The Balaban J connectivity index is 1.98. The van der Waals surface area contributed by atoms with Gasteiger partial charge in [0, 0.05) is 17.8 Å². The molecule has 0 aromatic heterocycles. The average molecular weight is 311 g/mol. The van der Waals surface area contributed by atoms with E-state index < -0.39 is 4.92 Å². The van der Waals surface area contributed by atoms with E-state index >= 15 is 0 Å². The van der Waals surface area contributed by atoms with Crippen molar-refractivity contribution in [2.75, 3.05) is 0 Å². The lowest BCUT2D eigenvalue weighted by atomic mass is 10.0. The summed E-state index contributed by atoms with van der Waals surface area (Å²) < 4.78 is 0. The van der Waals surface area contributed by atoms with E-state index in [2.05, 4.69) is 10.6 Å². The Morgan fingerprint density at radius 2 is 1.86 bits per heavy atom. The van der Waals surface area contributed by atoms with Gasteiger partial charge in [-0.1, -0.05) is 42.5 Å². The molecule has 2 aromatic carbocycles. The van der Waals surface area contributed by atoms with Crippen molar-refractivity contribution in [2.24, 2.45) is 0 Å². The molecule has 22 heavy (non-hydrogen) atoms. The smallest absolute Gasteiger partial charge is 0.269 e. The van der Waals surface area contributed by atoms with Crippen molar-refractivity contribution in [1.29, 1.82) is 0 Å². The molecule has 5 nitrogen and oxygen atoms in total. The van der Waals surface area contributed by atoms with Crippen molar-refractivity contribution in [2.45, 2.75) is 6.04 Å². The first-order valence-corrected chi connectivity index (χ1v) is 7.13. The molecule has 0 saturated carbocycles. The Morgan fingerprint density at radius 1 is 1.09 bits per heavy atom. The third kappa shape index (κ3) is 2.96. The van der Waals surface area contributed by atoms with E-state index in [-0.39, 0.29) is 11.7 Å². The van der Waals surface area contributed by atoms with E-state index in [0.717, 1.165) is 16.8 Å². The second-order valence-corrected chi connectivity index (χ2v) is 5.28. The molecule has 110 valence electrons. The number of nitro benzene ring substituents is 1. The van der Waals surface area contributed by atoms with E-state index in [9.17, 15) is 10.1 Å². The summed E-state index contributed by atoms with van der Waals surface area (Å²) >= 11 is 5.25. The fourth-order valence-electron chi connectivity index (χ4n) is 2.35. The number of non-ortho nitro benzene ring substituents is 1. The lowest BCUT2D eigenvalue weighted by molar-refractivity contribution is -0.384. The van der Waals surface area contributed by atoms with Crippen molar-refractivity contribution in [3.05, 3.63) is 81.9 Å². The monoisotopic (exact) mass is 311 g/mol. The van der Waals surface area contributed by atoms with Crippen LogP contribution in [0.5, 0.6) is 0 Å². The first-order valence-electron chi connectivity index (χ1n) is 6.72. The average Bonchev–Trinajstić information content (AvgIpc) is 2.55. The molecule has 0 saturated heterocycles. The summed E-state index contributed by atoms with van der Waals surface area (Å²) in [6, 6.07) is 16.2. The number of thiocarbonyl (C=S) groups is 1. The normalized spacial score (nSPS) is 17.2. The van der Waals surface area contributed by atoms with E-state index in [0.29, 0.717) is 5.11 Å². The second-order valence-electron chi connectivity index (χ2n) is 4.87. The molecular weight excluding hydrogens is 298 g/mol. The number of nitro groups is 1. The minimum Gasteiger partial charge on any atom is -0.352 e. The standard InChI is InChI=1S/C16H13N3O2S/c20-19(21)13-8-4-7-12(9-13)15-10-14(17-16(22)18-15)11-5-2-1-3-6-11/h1-10,15H,(H2,17,18,22). The van der Waals surface area contributed by atoms with Crippen molar-refractivity contribution >= 4 is 28.7 Å². The Bertz CT molecular complexity index is 759. The topological polar surface area (TPSA) is 67.2 Å². The van der Waals surface area contributed by atoms with Crippen LogP contribution in [0.4, 0.5) is 5.69 Å². The summed E-state index contributed by atoms with van der Waals surface area (Å²) in [6.07, 6.45) is 1.98. The maximum atomic E-state index is 10.9. The van der Waals surface area contributed by atoms with Crippen LogP contribution in [0.3, 0.4) is 0 Å². The quantitative estimate of drug-likeness (QED) is 0.518. The van der Waals surface area contributed by atoms with Crippen LogP contribution in [-0.2, 0) is 0 Å². The molecule has 1 heterocycles. The van der Waals surface area contributed by atoms with Gasteiger partial charge in [0.1, 0.15) is 0 Å². The highest BCUT2D eigenvalue weighted by molar-refractivity contribution is 7.80. The van der Waals surface area contributed by atoms with Gasteiger partial charge in [-0.05, 0) is 29.4 Å². The summed E-state index contributed by atoms with van der Waals surface area (Å²) in [5.41, 5.74) is 2.77. The summed E-state index contributed by atoms with van der Waals surface area (Å²) in [5.74, 6) is 0. The lowest BCUT2D eigenvalue weighted by Gasteiger charge is -2.26. The van der Waals surface area contributed by atoms with Gasteiger partial charge >= 0.3 is 0 Å². The predicted octanol–water partition coefficient (Wildman–Crippen LogP) is 3.15. The molecule has 0 amide bonds. The third-order valence-electron chi connectivity index (χ3n) is 3.39. The van der Waals surface area contributed by atoms with Gasteiger partial charge in [-0.2, -0.15) is 0 Å². The van der Waals surface area contributed by atoms with E-state index in [1.54, 1.807) is 12.1 Å². The van der Waals surface area contributed by atoms with Crippen LogP contribution in [0.1, 0.15) is 17.2 Å². The fraction of sp³-hybridized carbons (Fsp3) is 0.0625. The molecule has 0 radical (unpaired) electrons. The van der Waals surface area contributed by atoms with Gasteiger partial charge in [-0.3, -0.25) is 10.1 Å². The molecule has 0 fully saturated rings. The van der Waals surface area contributed by atoms with Crippen LogP contribution in [-0.4, -0.2) is 10.0 Å². The lowest BCUT2D eigenvalue weighted by Crippen LogP contribution is -2.40. The highest BCUT2D eigenvalue weighted by Gasteiger charge is 2.20. The number of hydrogen-bond acceptors (Lipinski definition) is 3. The molecule has 1 aliphatic rings. The minimum absolute atomic E-state index is 0.0680. The largest absolute Gasteiger partial charge is 0.352 e. The summed E-state index contributed by atoms with van der Waals surface area (Å²) in [4.78, 5) is 10.5. The molecule has 0 bridgehead atoms. The Labute approximate surface area is 132 Å².